The summed E-state index contributed by atoms with van der Waals surface area (Å²) in [6, 6.07) is 0. The van der Waals surface area contributed by atoms with E-state index in [1.807, 2.05) is 13.8 Å². The van der Waals surface area contributed by atoms with E-state index in [0.29, 0.717) is 19.4 Å². The largest absolute Gasteiger partial charge is 0.469 e. The molecule has 0 aromatic heterocycles. The van der Waals surface area contributed by atoms with E-state index >= 15 is 0 Å². The van der Waals surface area contributed by atoms with Crippen molar-refractivity contribution in [2.45, 2.75) is 96.1 Å². The van der Waals surface area contributed by atoms with Gasteiger partial charge in [-0.1, -0.05) is 20.8 Å². The Hall–Kier alpha value is -0.803. The van der Waals surface area contributed by atoms with Gasteiger partial charge in [0.05, 0.1) is 19.8 Å². The SMILES string of the molecule is COC(=O)CC(=O)[C@@H](CC[C@@H]1OC(C)(C)O[C@@H]1CO[Si](C)(C)C(C)(C)C)OC. The number of ether oxygens (including phenoxy) is 4. The summed E-state index contributed by atoms with van der Waals surface area (Å²) in [7, 11) is 0.820. The summed E-state index contributed by atoms with van der Waals surface area (Å²) in [5, 5.41) is 0.110. The van der Waals surface area contributed by atoms with E-state index in [1.54, 1.807) is 0 Å². The Balaban J connectivity index is 2.70. The van der Waals surface area contributed by atoms with E-state index in [4.69, 9.17) is 18.6 Å². The average Bonchev–Trinajstić information content (AvgIpc) is 2.86. The summed E-state index contributed by atoms with van der Waals surface area (Å²) >= 11 is 0. The highest BCUT2D eigenvalue weighted by molar-refractivity contribution is 6.74. The lowest BCUT2D eigenvalue weighted by atomic mass is 10.0. The van der Waals surface area contributed by atoms with Crippen molar-refractivity contribution in [3.05, 3.63) is 0 Å². The van der Waals surface area contributed by atoms with Gasteiger partial charge in [-0.15, -0.1) is 0 Å². The van der Waals surface area contributed by atoms with Crippen LogP contribution in [0.2, 0.25) is 18.1 Å². The lowest BCUT2D eigenvalue weighted by molar-refractivity contribution is -0.149. The Labute approximate surface area is 170 Å². The molecule has 0 spiro atoms. The molecule has 0 bridgehead atoms. The Morgan fingerprint density at radius 3 is 2.18 bits per heavy atom. The number of methoxy groups -OCH3 is 2. The van der Waals surface area contributed by atoms with Crippen molar-refractivity contribution in [1.29, 1.82) is 0 Å². The first kappa shape index (κ1) is 25.2. The molecule has 1 saturated heterocycles. The summed E-state index contributed by atoms with van der Waals surface area (Å²) in [6.07, 6.45) is -0.373. The standard InChI is InChI=1S/C20H38O7Si/c1-19(2,3)28(8,9)25-13-17-16(26-20(4,5)27-17)11-10-15(23-6)14(21)12-18(22)24-7/h15-17H,10-13H2,1-9H3/t15-,16+,17-/m1/s1. The average molecular weight is 419 g/mol. The van der Waals surface area contributed by atoms with Crippen molar-refractivity contribution < 1.29 is 33.0 Å². The van der Waals surface area contributed by atoms with E-state index < -0.39 is 26.2 Å². The van der Waals surface area contributed by atoms with Gasteiger partial charge in [0, 0.05) is 7.11 Å². The van der Waals surface area contributed by atoms with Crippen LogP contribution >= 0.6 is 0 Å². The minimum atomic E-state index is -1.91. The molecular formula is C20H38O7Si. The van der Waals surface area contributed by atoms with Crippen LogP contribution in [0.15, 0.2) is 0 Å². The molecule has 1 fully saturated rings. The van der Waals surface area contributed by atoms with Crippen molar-refractivity contribution in [3.8, 4) is 0 Å². The van der Waals surface area contributed by atoms with E-state index in [9.17, 15) is 9.59 Å². The van der Waals surface area contributed by atoms with Crippen LogP contribution in [-0.4, -0.2) is 65.0 Å². The number of ketones is 1. The quantitative estimate of drug-likeness (QED) is 0.305. The minimum Gasteiger partial charge on any atom is -0.469 e. The third-order valence-corrected chi connectivity index (χ3v) is 10.1. The Kier molecular flexibility index (Phi) is 8.83. The highest BCUT2D eigenvalue weighted by Crippen LogP contribution is 2.38. The summed E-state index contributed by atoms with van der Waals surface area (Å²) in [6.45, 7) is 15.2. The normalized spacial score (nSPS) is 23.5. The molecule has 0 aromatic rings. The van der Waals surface area contributed by atoms with Gasteiger partial charge in [-0.05, 0) is 44.8 Å². The second-order valence-corrected chi connectivity index (χ2v) is 14.1. The zero-order valence-corrected chi connectivity index (χ0v) is 19.9. The predicted molar refractivity (Wildman–Crippen MR) is 109 cm³/mol. The molecule has 0 unspecified atom stereocenters. The molecule has 1 rings (SSSR count). The molecule has 8 heteroatoms. The summed E-state index contributed by atoms with van der Waals surface area (Å²) in [5.41, 5.74) is 0. The summed E-state index contributed by atoms with van der Waals surface area (Å²) in [5.74, 6) is -1.55. The molecule has 0 amide bonds. The first-order chi connectivity index (χ1) is 12.7. The molecular weight excluding hydrogens is 380 g/mol. The molecule has 0 saturated carbocycles. The zero-order valence-electron chi connectivity index (χ0n) is 18.9. The van der Waals surface area contributed by atoms with E-state index in [2.05, 4.69) is 38.6 Å². The van der Waals surface area contributed by atoms with E-state index in [1.165, 1.54) is 14.2 Å². The zero-order chi connectivity index (χ0) is 21.8. The summed E-state index contributed by atoms with van der Waals surface area (Å²) in [4.78, 5) is 23.6. The molecule has 164 valence electrons. The van der Waals surface area contributed by atoms with Crippen LogP contribution in [0, 0.1) is 0 Å². The van der Waals surface area contributed by atoms with Crippen molar-refractivity contribution >= 4 is 20.1 Å². The van der Waals surface area contributed by atoms with Crippen molar-refractivity contribution in [1.82, 2.24) is 0 Å². The lowest BCUT2D eigenvalue weighted by Crippen LogP contribution is -2.44. The van der Waals surface area contributed by atoms with Crippen LogP contribution in [0.5, 0.6) is 0 Å². The van der Waals surface area contributed by atoms with Crippen LogP contribution in [0.3, 0.4) is 0 Å². The fourth-order valence-electron chi connectivity index (χ4n) is 2.86. The first-order valence-corrected chi connectivity index (χ1v) is 12.7. The Morgan fingerprint density at radius 2 is 1.68 bits per heavy atom. The van der Waals surface area contributed by atoms with Gasteiger partial charge >= 0.3 is 5.97 Å². The molecule has 0 aliphatic carbocycles. The molecule has 0 aromatic carbocycles. The van der Waals surface area contributed by atoms with Gasteiger partial charge < -0.3 is 23.4 Å². The van der Waals surface area contributed by atoms with Gasteiger partial charge in [0.1, 0.15) is 18.6 Å². The van der Waals surface area contributed by atoms with Crippen LogP contribution in [-0.2, 0) is 33.0 Å². The van der Waals surface area contributed by atoms with Crippen LogP contribution in [0.4, 0.5) is 0 Å². The van der Waals surface area contributed by atoms with Crippen molar-refractivity contribution in [3.63, 3.8) is 0 Å². The van der Waals surface area contributed by atoms with Gasteiger partial charge in [0.15, 0.2) is 19.9 Å². The molecule has 3 atom stereocenters. The first-order valence-electron chi connectivity index (χ1n) is 9.84. The maximum absolute atomic E-state index is 12.2. The Bertz CT molecular complexity index is 539. The third kappa shape index (κ3) is 7.22. The van der Waals surface area contributed by atoms with Crippen LogP contribution < -0.4 is 0 Å². The monoisotopic (exact) mass is 418 g/mol. The van der Waals surface area contributed by atoms with Gasteiger partial charge in [-0.25, -0.2) is 0 Å². The lowest BCUT2D eigenvalue weighted by Gasteiger charge is -2.37. The topological polar surface area (TPSA) is 80.3 Å². The summed E-state index contributed by atoms with van der Waals surface area (Å²) < 4.78 is 28.3. The fourth-order valence-corrected chi connectivity index (χ4v) is 3.87. The van der Waals surface area contributed by atoms with Crippen LogP contribution in [0.1, 0.15) is 53.9 Å². The van der Waals surface area contributed by atoms with Gasteiger partial charge in [0.25, 0.3) is 0 Å². The fraction of sp³-hybridized carbons (Fsp3) is 0.900. The number of carbonyl (C=O) groups excluding carboxylic acids is 2. The maximum Gasteiger partial charge on any atom is 0.313 e. The molecule has 28 heavy (non-hydrogen) atoms. The van der Waals surface area contributed by atoms with Gasteiger partial charge in [0.2, 0.25) is 0 Å². The number of carbonyl (C=O) groups is 2. The van der Waals surface area contributed by atoms with E-state index in [-0.39, 0.29) is 29.5 Å². The van der Waals surface area contributed by atoms with Crippen LogP contribution in [0.25, 0.3) is 0 Å². The van der Waals surface area contributed by atoms with Crippen molar-refractivity contribution in [2.24, 2.45) is 0 Å². The number of rotatable bonds is 10. The maximum atomic E-state index is 12.2. The number of hydrogen-bond donors (Lipinski definition) is 0. The smallest absolute Gasteiger partial charge is 0.313 e. The van der Waals surface area contributed by atoms with E-state index in [0.717, 1.165) is 0 Å². The Morgan fingerprint density at radius 1 is 1.11 bits per heavy atom. The highest BCUT2D eigenvalue weighted by atomic mass is 28.4. The molecule has 0 radical (unpaired) electrons. The predicted octanol–water partition coefficient (Wildman–Crippen LogP) is 3.46. The van der Waals surface area contributed by atoms with Gasteiger partial charge in [-0.3, -0.25) is 9.59 Å². The number of Topliss-reactive ketones (excluding diaryl/α,β-unsaturated/α-hetero) is 1. The second-order valence-electron chi connectivity index (χ2n) is 9.30. The minimum absolute atomic E-state index is 0.110. The third-order valence-electron chi connectivity index (χ3n) is 5.60. The van der Waals surface area contributed by atoms with Gasteiger partial charge in [-0.2, -0.15) is 0 Å². The molecule has 1 aliphatic heterocycles. The second kappa shape index (κ2) is 9.80. The molecule has 1 heterocycles. The molecule has 7 nitrogen and oxygen atoms in total. The number of hydrogen-bond acceptors (Lipinski definition) is 7. The number of esters is 1. The molecule has 0 N–H and O–H groups in total. The molecule has 1 aliphatic rings. The van der Waals surface area contributed by atoms with Crippen molar-refractivity contribution in [2.75, 3.05) is 20.8 Å². The highest BCUT2D eigenvalue weighted by Gasteiger charge is 2.44.